The first kappa shape index (κ1) is 18.7. The molecule has 1 fully saturated rings. The molecule has 7 nitrogen and oxygen atoms in total. The third kappa shape index (κ3) is 3.80. The Bertz CT molecular complexity index is 982. The molecule has 0 aliphatic carbocycles. The van der Waals surface area contributed by atoms with Gasteiger partial charge in [-0.3, -0.25) is 14.2 Å². The maximum Gasteiger partial charge on any atom is 0.224 e. The van der Waals surface area contributed by atoms with Gasteiger partial charge in [0.05, 0.1) is 29.6 Å². The van der Waals surface area contributed by atoms with Crippen LogP contribution in [0.5, 0.6) is 0 Å². The summed E-state index contributed by atoms with van der Waals surface area (Å²) in [6.45, 7) is 6.16. The van der Waals surface area contributed by atoms with Crippen LogP contribution >= 0.6 is 0 Å². The molecule has 3 aromatic rings. The molecule has 0 bridgehead atoms. The molecular formula is C21H27N5O2. The molecule has 148 valence electrons. The number of carbonyl (C=O) groups is 1. The van der Waals surface area contributed by atoms with Gasteiger partial charge in [0.2, 0.25) is 5.91 Å². The van der Waals surface area contributed by atoms with Crippen molar-refractivity contribution in [1.29, 1.82) is 0 Å². The fourth-order valence-corrected chi connectivity index (χ4v) is 4.02. The second-order valence-electron chi connectivity index (χ2n) is 7.87. The van der Waals surface area contributed by atoms with Crippen molar-refractivity contribution in [2.45, 2.75) is 51.8 Å². The lowest BCUT2D eigenvalue weighted by molar-refractivity contribution is -0.136. The smallest absolute Gasteiger partial charge is 0.224 e. The molecule has 0 radical (unpaired) electrons. The number of nitrogens with zero attached hydrogens (tertiary/aromatic N) is 5. The summed E-state index contributed by atoms with van der Waals surface area (Å²) in [7, 11) is 0. The van der Waals surface area contributed by atoms with E-state index >= 15 is 0 Å². The minimum atomic E-state index is -0.832. The average Bonchev–Trinajstić information content (AvgIpc) is 3.22. The van der Waals surface area contributed by atoms with Crippen LogP contribution in [0.25, 0.3) is 10.9 Å². The monoisotopic (exact) mass is 381 g/mol. The highest BCUT2D eigenvalue weighted by Gasteiger charge is 2.34. The largest absolute Gasteiger partial charge is 0.388 e. The van der Waals surface area contributed by atoms with E-state index in [1.807, 2.05) is 64.6 Å². The number of amides is 1. The number of hydrogen-bond donors (Lipinski definition) is 1. The van der Waals surface area contributed by atoms with Gasteiger partial charge in [0.15, 0.2) is 0 Å². The first-order chi connectivity index (χ1) is 13.4. The van der Waals surface area contributed by atoms with Gasteiger partial charge in [-0.15, -0.1) is 0 Å². The zero-order valence-corrected chi connectivity index (χ0v) is 16.5. The van der Waals surface area contributed by atoms with Crippen molar-refractivity contribution in [3.63, 3.8) is 0 Å². The topological polar surface area (TPSA) is 76.2 Å². The summed E-state index contributed by atoms with van der Waals surface area (Å²) in [4.78, 5) is 14.4. The van der Waals surface area contributed by atoms with Crippen molar-refractivity contribution < 1.29 is 9.90 Å². The van der Waals surface area contributed by atoms with Crippen LogP contribution in [0.3, 0.4) is 0 Å². The van der Waals surface area contributed by atoms with Gasteiger partial charge in [-0.05, 0) is 38.8 Å². The molecular weight excluding hydrogens is 354 g/mol. The molecule has 0 atom stereocenters. The Morgan fingerprint density at radius 1 is 1.18 bits per heavy atom. The number of aryl methyl sites for hydroxylation is 3. The predicted octanol–water partition coefficient (Wildman–Crippen LogP) is 2.29. The molecule has 1 aliphatic heterocycles. The van der Waals surface area contributed by atoms with Gasteiger partial charge >= 0.3 is 0 Å². The molecule has 4 rings (SSSR count). The quantitative estimate of drug-likeness (QED) is 0.736. The number of benzene rings is 1. The molecule has 0 unspecified atom stereocenters. The van der Waals surface area contributed by atoms with Crippen LogP contribution in [-0.4, -0.2) is 54.2 Å². The second kappa shape index (κ2) is 7.39. The summed E-state index contributed by atoms with van der Waals surface area (Å²) in [5, 5.41) is 20.9. The average molecular weight is 381 g/mol. The Morgan fingerprint density at radius 2 is 1.93 bits per heavy atom. The number of piperidine rings is 1. The summed E-state index contributed by atoms with van der Waals surface area (Å²) in [5.74, 6) is 0.124. The molecule has 2 aromatic heterocycles. The maximum absolute atomic E-state index is 12.6. The van der Waals surface area contributed by atoms with E-state index in [0.717, 1.165) is 22.3 Å². The molecule has 1 saturated heterocycles. The van der Waals surface area contributed by atoms with Gasteiger partial charge in [0, 0.05) is 37.1 Å². The maximum atomic E-state index is 12.6. The molecule has 1 amide bonds. The Morgan fingerprint density at radius 3 is 2.64 bits per heavy atom. The number of aromatic nitrogens is 4. The van der Waals surface area contributed by atoms with Crippen LogP contribution in [-0.2, 0) is 17.9 Å². The molecule has 1 N–H and O–H groups in total. The van der Waals surface area contributed by atoms with E-state index in [0.29, 0.717) is 45.4 Å². The van der Waals surface area contributed by atoms with Crippen molar-refractivity contribution in [2.75, 3.05) is 13.1 Å². The van der Waals surface area contributed by atoms with E-state index < -0.39 is 5.60 Å². The van der Waals surface area contributed by atoms with Gasteiger partial charge in [0.1, 0.15) is 0 Å². The normalized spacial score (nSPS) is 16.6. The minimum absolute atomic E-state index is 0.124. The molecule has 1 aliphatic rings. The number of rotatable bonds is 5. The molecule has 1 aromatic carbocycles. The summed E-state index contributed by atoms with van der Waals surface area (Å²) in [6.07, 6.45) is 3.39. The Kier molecular flexibility index (Phi) is 4.93. The van der Waals surface area contributed by atoms with Gasteiger partial charge < -0.3 is 10.0 Å². The van der Waals surface area contributed by atoms with Gasteiger partial charge in [0.25, 0.3) is 0 Å². The van der Waals surface area contributed by atoms with Gasteiger partial charge in [-0.1, -0.05) is 18.2 Å². The van der Waals surface area contributed by atoms with Crippen molar-refractivity contribution >= 4 is 16.8 Å². The van der Waals surface area contributed by atoms with Crippen LogP contribution in [0, 0.1) is 13.8 Å². The highest BCUT2D eigenvalue weighted by molar-refractivity contribution is 5.78. The van der Waals surface area contributed by atoms with E-state index in [1.165, 1.54) is 0 Å². The van der Waals surface area contributed by atoms with E-state index in [2.05, 4.69) is 10.2 Å². The molecule has 7 heteroatoms. The summed E-state index contributed by atoms with van der Waals surface area (Å²) in [6, 6.07) is 10.0. The molecule has 28 heavy (non-hydrogen) atoms. The van der Waals surface area contributed by atoms with Crippen LogP contribution in [0.2, 0.25) is 0 Å². The zero-order chi connectivity index (χ0) is 19.7. The van der Waals surface area contributed by atoms with Crippen molar-refractivity contribution in [3.8, 4) is 0 Å². The third-order valence-corrected chi connectivity index (χ3v) is 5.68. The van der Waals surface area contributed by atoms with Crippen LogP contribution in [0.4, 0.5) is 0 Å². The Hall–Kier alpha value is -2.67. The summed E-state index contributed by atoms with van der Waals surface area (Å²) < 4.78 is 3.76. The second-order valence-corrected chi connectivity index (χ2v) is 7.87. The Balaban J connectivity index is 1.33. The first-order valence-electron chi connectivity index (χ1n) is 9.85. The van der Waals surface area contributed by atoms with Crippen molar-refractivity contribution in [1.82, 2.24) is 24.5 Å². The van der Waals surface area contributed by atoms with E-state index in [1.54, 1.807) is 0 Å². The lowest BCUT2D eigenvalue weighted by Crippen LogP contribution is -2.48. The predicted molar refractivity (Wildman–Crippen MR) is 107 cm³/mol. The number of hydrogen-bond acceptors (Lipinski definition) is 4. The molecule has 3 heterocycles. The fraction of sp³-hybridized carbons (Fsp3) is 0.476. The van der Waals surface area contributed by atoms with E-state index in [9.17, 15) is 9.90 Å². The van der Waals surface area contributed by atoms with Gasteiger partial charge in [-0.25, -0.2) is 0 Å². The lowest BCUT2D eigenvalue weighted by Gasteiger charge is -2.38. The first-order valence-corrected chi connectivity index (χ1v) is 9.85. The van der Waals surface area contributed by atoms with Crippen molar-refractivity contribution in [2.24, 2.45) is 0 Å². The molecule has 0 spiro atoms. The highest BCUT2D eigenvalue weighted by Crippen LogP contribution is 2.26. The third-order valence-electron chi connectivity index (χ3n) is 5.68. The number of aliphatic hydroxyl groups is 1. The number of para-hydroxylation sites is 1. The highest BCUT2D eigenvalue weighted by atomic mass is 16.3. The fourth-order valence-electron chi connectivity index (χ4n) is 4.02. The van der Waals surface area contributed by atoms with Crippen LogP contribution in [0.1, 0.15) is 30.7 Å². The lowest BCUT2D eigenvalue weighted by atomic mass is 9.91. The van der Waals surface area contributed by atoms with Crippen molar-refractivity contribution in [3.05, 3.63) is 47.9 Å². The van der Waals surface area contributed by atoms with E-state index in [4.69, 9.17) is 0 Å². The number of likely N-dealkylation sites (tertiary alicyclic amines) is 1. The van der Waals surface area contributed by atoms with Crippen LogP contribution in [0.15, 0.2) is 36.5 Å². The van der Waals surface area contributed by atoms with Crippen LogP contribution < -0.4 is 0 Å². The summed E-state index contributed by atoms with van der Waals surface area (Å²) >= 11 is 0. The standard InChI is InChI=1S/C21H27N5O2/c1-16-13-17(2)25(23-16)10-7-20(27)24-11-8-21(28,9-12-24)15-26-19-6-4-3-5-18(19)14-22-26/h3-6,13-14,28H,7-12,15H2,1-2H3. The van der Waals surface area contributed by atoms with E-state index in [-0.39, 0.29) is 5.91 Å². The minimum Gasteiger partial charge on any atom is -0.388 e. The molecule has 0 saturated carbocycles. The number of fused-ring (bicyclic) bond motifs is 1. The SMILES string of the molecule is Cc1cc(C)n(CCC(=O)N2CCC(O)(Cn3ncc4ccccc43)CC2)n1. The summed E-state index contributed by atoms with van der Waals surface area (Å²) in [5.41, 5.74) is 2.24. The zero-order valence-electron chi connectivity index (χ0n) is 16.5. The Labute approximate surface area is 164 Å². The number of carbonyl (C=O) groups excluding carboxylic acids is 1. The van der Waals surface area contributed by atoms with Gasteiger partial charge in [-0.2, -0.15) is 10.2 Å².